The topological polar surface area (TPSA) is 82.1 Å². The first-order valence-electron chi connectivity index (χ1n) is 13.0. The lowest BCUT2D eigenvalue weighted by molar-refractivity contribution is -0.171. The first-order valence-corrected chi connectivity index (χ1v) is 15.4. The zero-order chi connectivity index (χ0) is 24.1. The van der Waals surface area contributed by atoms with Crippen molar-refractivity contribution in [2.24, 2.45) is 11.8 Å². The van der Waals surface area contributed by atoms with Gasteiger partial charge in [-0.3, -0.25) is 9.59 Å². The van der Waals surface area contributed by atoms with Crippen molar-refractivity contribution >= 4 is 20.8 Å². The number of hydrogen-bond acceptors (Lipinski definition) is 5. The maximum Gasteiger partial charge on any atom is 0.467 e. The number of aliphatic carboxylic acids is 1. The second-order valence-corrected chi connectivity index (χ2v) is 11.9. The fraction of sp³-hybridized carbons (Fsp3) is 0.846. The Morgan fingerprint density at radius 2 is 1.85 bits per heavy atom. The Hall–Kier alpha value is -1.02. The molecular weight excluding hydrogens is 436 g/mol. The van der Waals surface area contributed by atoms with E-state index in [0.29, 0.717) is 38.3 Å². The van der Waals surface area contributed by atoms with Crippen LogP contribution in [0.5, 0.6) is 0 Å². The first-order chi connectivity index (χ1) is 15.9. The molecule has 1 heterocycles. The summed E-state index contributed by atoms with van der Waals surface area (Å²) in [7, 11) is -0.899. The van der Waals surface area contributed by atoms with E-state index in [1.165, 1.54) is 25.7 Å². The number of carbonyl (C=O) groups excluding carboxylic acids is 1. The molecule has 0 unspecified atom stereocenters. The number of unbranched alkanes of at least 4 members (excludes halogenated alkanes) is 5. The Kier molecular flexibility index (Phi) is 12.9. The summed E-state index contributed by atoms with van der Waals surface area (Å²) in [5.41, 5.74) is 0. The van der Waals surface area contributed by atoms with Gasteiger partial charge >= 0.3 is 15.0 Å². The molecule has 0 amide bonds. The van der Waals surface area contributed by atoms with Crippen molar-refractivity contribution in [3.63, 3.8) is 0 Å². The van der Waals surface area contributed by atoms with Crippen LogP contribution in [0, 0.1) is 11.8 Å². The van der Waals surface area contributed by atoms with E-state index < -0.39 is 20.8 Å². The number of Topliss-reactive ketones (excluding diaryl/α,β-unsaturated/α-hetero) is 1. The maximum atomic E-state index is 12.9. The second-order valence-electron chi connectivity index (χ2n) is 9.81. The van der Waals surface area contributed by atoms with Crippen LogP contribution >= 0.6 is 0 Å². The average molecular weight is 482 g/mol. The average Bonchev–Trinajstić information content (AvgIpc) is 3.33. The summed E-state index contributed by atoms with van der Waals surface area (Å²) in [6, 6.07) is 0. The number of allylic oxidation sites excluding steroid dienone is 2. The molecule has 0 aromatic rings. The number of hydrogen-bond donors (Lipinski definition) is 1. The van der Waals surface area contributed by atoms with Crippen LogP contribution in [0.1, 0.15) is 90.4 Å². The lowest BCUT2D eigenvalue weighted by atomic mass is 9.85. The summed E-state index contributed by atoms with van der Waals surface area (Å²) in [4.78, 5) is 23.6. The number of ether oxygens (including phenoxy) is 2. The van der Waals surface area contributed by atoms with Crippen LogP contribution in [-0.2, 0) is 23.5 Å². The quantitative estimate of drug-likeness (QED) is 0.158. The lowest BCUT2D eigenvalue weighted by Gasteiger charge is -2.30. The van der Waals surface area contributed by atoms with E-state index in [9.17, 15) is 9.59 Å². The summed E-state index contributed by atoms with van der Waals surface area (Å²) in [6.07, 6.45) is 15.6. The van der Waals surface area contributed by atoms with Crippen molar-refractivity contribution in [2.75, 3.05) is 13.2 Å². The van der Waals surface area contributed by atoms with Gasteiger partial charge in [-0.15, -0.1) is 0 Å². The molecule has 0 spiro atoms. The zero-order valence-electron chi connectivity index (χ0n) is 21.0. The highest BCUT2D eigenvalue weighted by Gasteiger charge is 2.47. The molecule has 33 heavy (non-hydrogen) atoms. The zero-order valence-corrected chi connectivity index (χ0v) is 22.0. The highest BCUT2D eigenvalue weighted by molar-refractivity contribution is 6.48. The lowest BCUT2D eigenvalue weighted by Crippen LogP contribution is -2.34. The Morgan fingerprint density at radius 3 is 2.52 bits per heavy atom. The van der Waals surface area contributed by atoms with Crippen molar-refractivity contribution in [3.8, 4) is 0 Å². The third kappa shape index (κ3) is 10.0. The molecule has 2 rings (SSSR count). The standard InChI is InChI=1S/C26H44O6Si/c1-4-5-6-9-12-16-26(30-18-19-31-26)17-15-22-21(13-10-7-8-11-14-25(28)29)23(27)20-24(22)32-33(2)3/h7,10,21-22,24H,4-6,8-9,11-20H2,1-3H3/p+1/t21-,22-,24-/m1/s1. The van der Waals surface area contributed by atoms with Crippen LogP contribution in [-0.4, -0.2) is 51.0 Å². The molecule has 0 radical (unpaired) electrons. The normalized spacial score (nSPS) is 24.7. The molecule has 7 heteroatoms. The van der Waals surface area contributed by atoms with Gasteiger partial charge in [0.1, 0.15) is 11.9 Å². The summed E-state index contributed by atoms with van der Waals surface area (Å²) >= 11 is 0. The molecule has 0 aromatic heterocycles. The van der Waals surface area contributed by atoms with Crippen molar-refractivity contribution in [3.05, 3.63) is 12.2 Å². The van der Waals surface area contributed by atoms with Gasteiger partial charge in [0.05, 0.1) is 26.3 Å². The highest BCUT2D eigenvalue weighted by Crippen LogP contribution is 2.41. The molecule has 188 valence electrons. The van der Waals surface area contributed by atoms with Gasteiger partial charge in [0.15, 0.2) is 5.79 Å². The summed E-state index contributed by atoms with van der Waals surface area (Å²) in [5.74, 6) is -0.806. The molecule has 1 saturated heterocycles. The molecule has 0 aromatic carbocycles. The number of carboxylic acids is 1. The number of ketones is 1. The molecule has 3 atom stereocenters. The second kappa shape index (κ2) is 15.1. The Morgan fingerprint density at radius 1 is 1.12 bits per heavy atom. The van der Waals surface area contributed by atoms with Crippen LogP contribution < -0.4 is 0 Å². The minimum Gasteiger partial charge on any atom is -0.481 e. The monoisotopic (exact) mass is 481 g/mol. The highest BCUT2D eigenvalue weighted by atomic mass is 28.3. The molecule has 2 aliphatic rings. The molecule has 1 aliphatic heterocycles. The van der Waals surface area contributed by atoms with E-state index in [-0.39, 0.29) is 24.4 Å². The molecular formula is C26H45O6Si+. The number of carboxylic acid groups (broad SMARTS) is 1. The van der Waals surface area contributed by atoms with Gasteiger partial charge < -0.3 is 14.6 Å². The number of carbonyl (C=O) groups is 2. The van der Waals surface area contributed by atoms with Crippen molar-refractivity contribution < 1.29 is 28.6 Å². The predicted octanol–water partition coefficient (Wildman–Crippen LogP) is 5.91. The molecule has 0 bridgehead atoms. The largest absolute Gasteiger partial charge is 0.481 e. The summed E-state index contributed by atoms with van der Waals surface area (Å²) < 4.78 is 18.5. The minimum atomic E-state index is -0.899. The minimum absolute atomic E-state index is 0.00481. The van der Waals surface area contributed by atoms with Crippen molar-refractivity contribution in [1.29, 1.82) is 0 Å². The van der Waals surface area contributed by atoms with E-state index in [1.807, 2.05) is 6.08 Å². The van der Waals surface area contributed by atoms with E-state index in [4.69, 9.17) is 19.0 Å². The van der Waals surface area contributed by atoms with Gasteiger partial charge in [-0.2, -0.15) is 0 Å². The van der Waals surface area contributed by atoms with Gasteiger partial charge in [-0.25, -0.2) is 4.43 Å². The first kappa shape index (κ1) is 28.2. The molecule has 6 nitrogen and oxygen atoms in total. The third-order valence-corrected chi connectivity index (χ3v) is 7.62. The maximum absolute atomic E-state index is 12.9. The van der Waals surface area contributed by atoms with Gasteiger partial charge in [-0.1, -0.05) is 44.8 Å². The smallest absolute Gasteiger partial charge is 0.467 e. The van der Waals surface area contributed by atoms with Gasteiger partial charge in [0.2, 0.25) is 0 Å². The summed E-state index contributed by atoms with van der Waals surface area (Å²) in [5, 5.41) is 8.77. The van der Waals surface area contributed by atoms with Crippen molar-refractivity contribution in [2.45, 2.75) is 115 Å². The van der Waals surface area contributed by atoms with E-state index in [2.05, 4.69) is 26.1 Å². The SMILES string of the molecule is CCCCCCCC1(CC[C@H]2[C@H](O[Si+](C)C)CC(=O)[C@@H]2CC=CCCCC(=O)O)OCCO1. The van der Waals surface area contributed by atoms with Crippen molar-refractivity contribution in [1.82, 2.24) is 0 Å². The Labute approximate surface area is 202 Å². The number of rotatable bonds is 17. The van der Waals surface area contributed by atoms with Crippen LogP contribution in [0.4, 0.5) is 0 Å². The van der Waals surface area contributed by atoms with E-state index in [1.54, 1.807) is 0 Å². The van der Waals surface area contributed by atoms with Gasteiger partial charge in [0.25, 0.3) is 0 Å². The molecule has 1 aliphatic carbocycles. The van der Waals surface area contributed by atoms with Crippen LogP contribution in [0.3, 0.4) is 0 Å². The molecule has 2 fully saturated rings. The van der Waals surface area contributed by atoms with Crippen LogP contribution in [0.25, 0.3) is 0 Å². The Balaban J connectivity index is 1.95. The molecule has 1 N–H and O–H groups in total. The fourth-order valence-corrected chi connectivity index (χ4v) is 6.01. The van der Waals surface area contributed by atoms with Crippen LogP contribution in [0.2, 0.25) is 13.1 Å². The predicted molar refractivity (Wildman–Crippen MR) is 131 cm³/mol. The molecule has 1 saturated carbocycles. The third-order valence-electron chi connectivity index (χ3n) is 6.85. The van der Waals surface area contributed by atoms with E-state index >= 15 is 0 Å². The fourth-order valence-electron chi connectivity index (χ4n) is 5.15. The summed E-state index contributed by atoms with van der Waals surface area (Å²) in [6.45, 7) is 7.79. The van der Waals surface area contributed by atoms with E-state index in [0.717, 1.165) is 32.1 Å². The van der Waals surface area contributed by atoms with Gasteiger partial charge in [0, 0.05) is 31.6 Å². The van der Waals surface area contributed by atoms with Gasteiger partial charge in [-0.05, 0) is 38.0 Å². The van der Waals surface area contributed by atoms with Crippen LogP contribution in [0.15, 0.2) is 12.2 Å². The Bertz CT molecular complexity index is 614.